The van der Waals surface area contributed by atoms with E-state index in [9.17, 15) is 9.18 Å². The summed E-state index contributed by atoms with van der Waals surface area (Å²) in [6.45, 7) is 2.78. The van der Waals surface area contributed by atoms with E-state index in [1.54, 1.807) is 31.4 Å². The first-order valence-electron chi connectivity index (χ1n) is 7.72. The number of urea groups is 1. The van der Waals surface area contributed by atoms with Crippen molar-refractivity contribution in [1.29, 1.82) is 0 Å². The summed E-state index contributed by atoms with van der Waals surface area (Å²) >= 11 is 0. The van der Waals surface area contributed by atoms with E-state index >= 15 is 0 Å². The highest BCUT2D eigenvalue weighted by Crippen LogP contribution is 2.30. The van der Waals surface area contributed by atoms with Crippen LogP contribution in [0, 0.1) is 5.82 Å². The number of benzene rings is 2. The summed E-state index contributed by atoms with van der Waals surface area (Å²) in [4.78, 5) is 11.9. The maximum Gasteiger partial charge on any atom is 0.319 e. The quantitative estimate of drug-likeness (QED) is 0.814. The lowest BCUT2D eigenvalue weighted by Gasteiger charge is -2.12. The van der Waals surface area contributed by atoms with Crippen LogP contribution in [0.5, 0.6) is 11.5 Å². The van der Waals surface area contributed by atoms with Gasteiger partial charge in [-0.05, 0) is 43.2 Å². The molecule has 5 nitrogen and oxygen atoms in total. The predicted octanol–water partition coefficient (Wildman–Crippen LogP) is 3.60. The number of methoxy groups -OCH3 is 1. The maximum absolute atomic E-state index is 13.1. The molecule has 2 N–H and O–H groups in total. The van der Waals surface area contributed by atoms with Crippen LogP contribution in [-0.4, -0.2) is 26.3 Å². The molecule has 128 valence electrons. The molecule has 0 aromatic heterocycles. The Labute approximate surface area is 140 Å². The van der Waals surface area contributed by atoms with Crippen molar-refractivity contribution in [2.75, 3.05) is 25.6 Å². The number of nitrogens with one attached hydrogen (secondary N) is 2. The van der Waals surface area contributed by atoms with Crippen molar-refractivity contribution < 1.29 is 18.7 Å². The van der Waals surface area contributed by atoms with Crippen molar-refractivity contribution in [3.05, 3.63) is 53.8 Å². The molecule has 0 aliphatic carbocycles. The van der Waals surface area contributed by atoms with Gasteiger partial charge in [0.2, 0.25) is 0 Å². The molecule has 2 aromatic carbocycles. The molecular weight excluding hydrogens is 311 g/mol. The monoisotopic (exact) mass is 332 g/mol. The van der Waals surface area contributed by atoms with Crippen LogP contribution in [-0.2, 0) is 6.42 Å². The van der Waals surface area contributed by atoms with E-state index in [0.717, 1.165) is 5.56 Å². The molecular formula is C18H21FN2O3. The highest BCUT2D eigenvalue weighted by molar-refractivity contribution is 5.89. The molecule has 0 unspecified atom stereocenters. The van der Waals surface area contributed by atoms with Crippen LogP contribution in [0.25, 0.3) is 0 Å². The van der Waals surface area contributed by atoms with Gasteiger partial charge in [0.15, 0.2) is 11.5 Å². The first-order chi connectivity index (χ1) is 11.6. The van der Waals surface area contributed by atoms with E-state index in [0.29, 0.717) is 36.8 Å². The number of anilines is 1. The molecule has 2 amide bonds. The van der Waals surface area contributed by atoms with Gasteiger partial charge in [0.05, 0.1) is 13.7 Å². The minimum atomic E-state index is -0.334. The highest BCUT2D eigenvalue weighted by Gasteiger charge is 2.07. The number of hydrogen-bond acceptors (Lipinski definition) is 3. The normalized spacial score (nSPS) is 10.1. The van der Waals surface area contributed by atoms with E-state index in [1.807, 2.05) is 13.0 Å². The molecule has 0 radical (unpaired) electrons. The number of carbonyl (C=O) groups is 1. The van der Waals surface area contributed by atoms with Crippen LogP contribution in [0.15, 0.2) is 42.5 Å². The first-order valence-corrected chi connectivity index (χ1v) is 7.72. The Bertz CT molecular complexity index is 692. The Hall–Kier alpha value is -2.76. The molecule has 0 aliphatic heterocycles. The van der Waals surface area contributed by atoms with E-state index in [4.69, 9.17) is 9.47 Å². The minimum Gasteiger partial charge on any atom is -0.493 e. The van der Waals surface area contributed by atoms with Gasteiger partial charge in [0, 0.05) is 18.3 Å². The summed E-state index contributed by atoms with van der Waals surface area (Å²) in [5.74, 6) is 0.894. The van der Waals surface area contributed by atoms with Gasteiger partial charge in [-0.25, -0.2) is 9.18 Å². The van der Waals surface area contributed by atoms with Crippen LogP contribution >= 0.6 is 0 Å². The van der Waals surface area contributed by atoms with Crippen LogP contribution in [0.3, 0.4) is 0 Å². The summed E-state index contributed by atoms with van der Waals surface area (Å²) in [6.07, 6.45) is 0.554. The first kappa shape index (κ1) is 17.6. The molecule has 6 heteroatoms. The number of ether oxygens (including phenoxy) is 2. The molecule has 0 fully saturated rings. The fraction of sp³-hybridized carbons (Fsp3) is 0.278. The second-order valence-electron chi connectivity index (χ2n) is 5.06. The Balaban J connectivity index is 1.86. The van der Waals surface area contributed by atoms with Gasteiger partial charge < -0.3 is 20.1 Å². The van der Waals surface area contributed by atoms with Crippen molar-refractivity contribution in [3.8, 4) is 11.5 Å². The topological polar surface area (TPSA) is 59.6 Å². The maximum atomic E-state index is 13.1. The molecule has 2 rings (SSSR count). The SMILES string of the molecule is CCOc1cc(NC(=O)NCCc2cccc(F)c2)ccc1OC. The zero-order chi connectivity index (χ0) is 17.4. The van der Waals surface area contributed by atoms with Gasteiger partial charge in [-0.1, -0.05) is 12.1 Å². The molecule has 24 heavy (non-hydrogen) atoms. The summed E-state index contributed by atoms with van der Waals surface area (Å²) < 4.78 is 23.7. The average molecular weight is 332 g/mol. The third-order valence-corrected chi connectivity index (χ3v) is 3.31. The molecule has 0 aliphatic rings. The number of carbonyl (C=O) groups excluding carboxylic acids is 1. The van der Waals surface area contributed by atoms with E-state index in [1.165, 1.54) is 12.1 Å². The number of halogens is 1. The Kier molecular flexibility index (Phi) is 6.42. The lowest BCUT2D eigenvalue weighted by molar-refractivity contribution is 0.252. The zero-order valence-corrected chi connectivity index (χ0v) is 13.8. The average Bonchev–Trinajstić information content (AvgIpc) is 2.55. The largest absolute Gasteiger partial charge is 0.493 e. The number of rotatable bonds is 7. The lowest BCUT2D eigenvalue weighted by atomic mass is 10.1. The fourth-order valence-corrected chi connectivity index (χ4v) is 2.21. The molecule has 2 aromatic rings. The smallest absolute Gasteiger partial charge is 0.319 e. The van der Waals surface area contributed by atoms with Crippen LogP contribution < -0.4 is 20.1 Å². The van der Waals surface area contributed by atoms with Crippen molar-refractivity contribution in [2.24, 2.45) is 0 Å². The minimum absolute atomic E-state index is 0.279. The molecule has 0 heterocycles. The van der Waals surface area contributed by atoms with Gasteiger partial charge in [0.1, 0.15) is 5.82 Å². The molecule has 0 saturated carbocycles. The number of amides is 2. The van der Waals surface area contributed by atoms with Crippen molar-refractivity contribution in [3.63, 3.8) is 0 Å². The fourth-order valence-electron chi connectivity index (χ4n) is 2.21. The van der Waals surface area contributed by atoms with E-state index in [2.05, 4.69) is 10.6 Å². The number of hydrogen-bond donors (Lipinski definition) is 2. The predicted molar refractivity (Wildman–Crippen MR) is 91.3 cm³/mol. The summed E-state index contributed by atoms with van der Waals surface area (Å²) in [5.41, 5.74) is 1.43. The molecule has 0 atom stereocenters. The lowest BCUT2D eigenvalue weighted by Crippen LogP contribution is -2.30. The van der Waals surface area contributed by atoms with Gasteiger partial charge >= 0.3 is 6.03 Å². The zero-order valence-electron chi connectivity index (χ0n) is 13.8. The van der Waals surface area contributed by atoms with Gasteiger partial charge in [-0.3, -0.25) is 0 Å². The standard InChI is InChI=1S/C18H21FN2O3/c1-3-24-17-12-15(7-8-16(17)23-2)21-18(22)20-10-9-13-5-4-6-14(19)11-13/h4-8,11-12H,3,9-10H2,1-2H3,(H2,20,21,22). The Morgan fingerprint density at radius 1 is 1.17 bits per heavy atom. The second-order valence-corrected chi connectivity index (χ2v) is 5.06. The van der Waals surface area contributed by atoms with E-state index < -0.39 is 0 Å². The van der Waals surface area contributed by atoms with Crippen LogP contribution in [0.4, 0.5) is 14.9 Å². The van der Waals surface area contributed by atoms with Gasteiger partial charge in [0.25, 0.3) is 0 Å². The molecule has 0 bridgehead atoms. The molecule has 0 spiro atoms. The summed E-state index contributed by atoms with van der Waals surface area (Å²) in [5, 5.41) is 5.46. The van der Waals surface area contributed by atoms with E-state index in [-0.39, 0.29) is 11.8 Å². The Morgan fingerprint density at radius 2 is 2.00 bits per heavy atom. The molecule has 0 saturated heterocycles. The second kappa shape index (κ2) is 8.76. The summed E-state index contributed by atoms with van der Waals surface area (Å²) in [7, 11) is 1.56. The third kappa shape index (κ3) is 5.15. The van der Waals surface area contributed by atoms with Crippen LogP contribution in [0.2, 0.25) is 0 Å². The van der Waals surface area contributed by atoms with Gasteiger partial charge in [-0.2, -0.15) is 0 Å². The third-order valence-electron chi connectivity index (χ3n) is 3.31. The highest BCUT2D eigenvalue weighted by atomic mass is 19.1. The summed E-state index contributed by atoms with van der Waals surface area (Å²) in [6, 6.07) is 11.1. The van der Waals surface area contributed by atoms with Crippen molar-refractivity contribution >= 4 is 11.7 Å². The Morgan fingerprint density at radius 3 is 2.71 bits per heavy atom. The van der Waals surface area contributed by atoms with Crippen molar-refractivity contribution in [1.82, 2.24) is 5.32 Å². The van der Waals surface area contributed by atoms with Crippen LogP contribution in [0.1, 0.15) is 12.5 Å². The van der Waals surface area contributed by atoms with Gasteiger partial charge in [-0.15, -0.1) is 0 Å². The van der Waals surface area contributed by atoms with Crippen molar-refractivity contribution in [2.45, 2.75) is 13.3 Å².